The van der Waals surface area contributed by atoms with Gasteiger partial charge in [-0.25, -0.2) is 4.98 Å². The quantitative estimate of drug-likeness (QED) is 0.179. The van der Waals surface area contributed by atoms with Crippen LogP contribution in [0.4, 0.5) is 0 Å². The Labute approximate surface area is 281 Å². The lowest BCUT2D eigenvalue weighted by molar-refractivity contribution is 1.29. The van der Waals surface area contributed by atoms with E-state index in [1.807, 2.05) is 18.2 Å². The summed E-state index contributed by atoms with van der Waals surface area (Å²) in [6.07, 6.45) is 3.60. The summed E-state index contributed by atoms with van der Waals surface area (Å²) >= 11 is 0. The van der Waals surface area contributed by atoms with Crippen LogP contribution in [0, 0.1) is 0 Å². The molecule has 48 heavy (non-hydrogen) atoms. The summed E-state index contributed by atoms with van der Waals surface area (Å²) in [5.41, 5.74) is 16.0. The lowest BCUT2D eigenvalue weighted by atomic mass is 9.87. The summed E-state index contributed by atoms with van der Waals surface area (Å²) in [5, 5.41) is 0. The second-order valence-electron chi connectivity index (χ2n) is 11.8. The second-order valence-corrected chi connectivity index (χ2v) is 11.8. The van der Waals surface area contributed by atoms with Crippen LogP contribution < -0.4 is 0 Å². The van der Waals surface area contributed by atoms with E-state index in [0.29, 0.717) is 0 Å². The normalized spacial score (nSPS) is 10.9. The number of benzene rings is 6. The number of hydrogen-bond donors (Lipinski definition) is 0. The third-order valence-electron chi connectivity index (χ3n) is 8.82. The topological polar surface area (TPSA) is 25.8 Å². The summed E-state index contributed by atoms with van der Waals surface area (Å²) in [4.78, 5) is 9.11. The van der Waals surface area contributed by atoms with Crippen LogP contribution in [0.15, 0.2) is 194 Å². The van der Waals surface area contributed by atoms with E-state index < -0.39 is 0 Å². The Bertz CT molecular complexity index is 2310. The van der Waals surface area contributed by atoms with E-state index in [2.05, 4.69) is 169 Å². The molecule has 0 fully saturated rings. The van der Waals surface area contributed by atoms with Gasteiger partial charge in [-0.3, -0.25) is 4.98 Å². The fraction of sp³-hybridized carbons (Fsp3) is 0. The summed E-state index contributed by atoms with van der Waals surface area (Å²) in [6, 6.07) is 64.6. The Morgan fingerprint density at radius 3 is 1.25 bits per heavy atom. The molecular formula is C46H32N2. The molecule has 226 valence electrons. The van der Waals surface area contributed by atoms with Gasteiger partial charge in [0, 0.05) is 23.5 Å². The predicted molar refractivity (Wildman–Crippen MR) is 200 cm³/mol. The smallest absolute Gasteiger partial charge is 0.0710 e. The van der Waals surface area contributed by atoms with Gasteiger partial charge in [-0.05, 0) is 98.1 Å². The minimum absolute atomic E-state index is 0.937. The molecule has 0 aliphatic heterocycles. The monoisotopic (exact) mass is 612 g/mol. The maximum absolute atomic E-state index is 4.96. The van der Waals surface area contributed by atoms with Gasteiger partial charge in [0.25, 0.3) is 0 Å². The highest BCUT2D eigenvalue weighted by molar-refractivity contribution is 5.93. The zero-order chi connectivity index (χ0) is 32.1. The second kappa shape index (κ2) is 13.2. The summed E-state index contributed by atoms with van der Waals surface area (Å²) < 4.78 is 0. The first-order chi connectivity index (χ1) is 23.8. The third kappa shape index (κ3) is 5.95. The van der Waals surface area contributed by atoms with Crippen molar-refractivity contribution in [1.82, 2.24) is 9.97 Å². The van der Waals surface area contributed by atoms with Gasteiger partial charge in [0.05, 0.1) is 11.4 Å². The first kappa shape index (κ1) is 29.1. The molecule has 2 heteroatoms. The minimum Gasteiger partial charge on any atom is -0.265 e. The van der Waals surface area contributed by atoms with Crippen molar-refractivity contribution >= 4 is 0 Å². The van der Waals surface area contributed by atoms with E-state index in [4.69, 9.17) is 4.98 Å². The third-order valence-corrected chi connectivity index (χ3v) is 8.82. The highest BCUT2D eigenvalue weighted by Crippen LogP contribution is 2.41. The molecule has 2 heterocycles. The fourth-order valence-electron chi connectivity index (χ4n) is 6.42. The van der Waals surface area contributed by atoms with Gasteiger partial charge in [0.15, 0.2) is 0 Å². The molecule has 0 unspecified atom stereocenters. The average molecular weight is 613 g/mol. The van der Waals surface area contributed by atoms with E-state index >= 15 is 0 Å². The van der Waals surface area contributed by atoms with Crippen LogP contribution >= 0.6 is 0 Å². The van der Waals surface area contributed by atoms with Crippen molar-refractivity contribution in [2.24, 2.45) is 0 Å². The fourth-order valence-corrected chi connectivity index (χ4v) is 6.42. The van der Waals surface area contributed by atoms with Gasteiger partial charge in [-0.1, -0.05) is 140 Å². The lowest BCUT2D eigenvalue weighted by Crippen LogP contribution is -1.91. The van der Waals surface area contributed by atoms with Gasteiger partial charge in [-0.15, -0.1) is 0 Å². The first-order valence-electron chi connectivity index (χ1n) is 16.2. The maximum atomic E-state index is 4.96. The lowest BCUT2D eigenvalue weighted by Gasteiger charge is -2.17. The van der Waals surface area contributed by atoms with Crippen LogP contribution in [0.25, 0.3) is 78.1 Å². The van der Waals surface area contributed by atoms with Gasteiger partial charge in [-0.2, -0.15) is 0 Å². The van der Waals surface area contributed by atoms with Crippen molar-refractivity contribution in [2.75, 3.05) is 0 Å². The van der Waals surface area contributed by atoms with Crippen LogP contribution in [-0.2, 0) is 0 Å². The maximum Gasteiger partial charge on any atom is 0.0710 e. The summed E-state index contributed by atoms with van der Waals surface area (Å²) in [7, 11) is 0. The standard InChI is InChI=1S/C46H32N2/c1-3-12-33(13-4-1)38-30-39(34-22-24-36(25-23-34)45-20-11-21-46(48-45)37-26-28-47-29-27-37)32-40(31-38)42-17-8-10-19-44(42)43-18-9-7-16-41(43)35-14-5-2-6-15-35/h1-32H. The molecule has 8 aromatic rings. The van der Waals surface area contributed by atoms with Crippen molar-refractivity contribution in [3.63, 3.8) is 0 Å². The van der Waals surface area contributed by atoms with Gasteiger partial charge < -0.3 is 0 Å². The molecule has 2 aromatic heterocycles. The van der Waals surface area contributed by atoms with E-state index in [-0.39, 0.29) is 0 Å². The van der Waals surface area contributed by atoms with Crippen molar-refractivity contribution in [3.8, 4) is 78.1 Å². The number of hydrogen-bond acceptors (Lipinski definition) is 2. The van der Waals surface area contributed by atoms with Crippen molar-refractivity contribution in [1.29, 1.82) is 0 Å². The molecule has 0 atom stereocenters. The summed E-state index contributed by atoms with van der Waals surface area (Å²) in [6.45, 7) is 0. The number of pyridine rings is 2. The Balaban J connectivity index is 1.23. The Morgan fingerprint density at radius 1 is 0.250 bits per heavy atom. The predicted octanol–water partition coefficient (Wildman–Crippen LogP) is 12.1. The summed E-state index contributed by atoms with van der Waals surface area (Å²) in [5.74, 6) is 0. The molecule has 2 nitrogen and oxygen atoms in total. The molecule has 8 rings (SSSR count). The van der Waals surface area contributed by atoms with E-state index in [9.17, 15) is 0 Å². The molecule has 0 spiro atoms. The van der Waals surface area contributed by atoms with Crippen LogP contribution in [0.3, 0.4) is 0 Å². The van der Waals surface area contributed by atoms with E-state index in [0.717, 1.165) is 28.1 Å². The van der Waals surface area contributed by atoms with Gasteiger partial charge in [0.2, 0.25) is 0 Å². The SMILES string of the molecule is c1ccc(-c2cc(-c3ccc(-c4cccc(-c5ccncc5)n4)cc3)cc(-c3ccccc3-c3ccccc3-c3ccccc3)c2)cc1. The molecule has 0 saturated carbocycles. The molecule has 0 saturated heterocycles. The highest BCUT2D eigenvalue weighted by atomic mass is 14.7. The van der Waals surface area contributed by atoms with Crippen LogP contribution in [0.5, 0.6) is 0 Å². The molecule has 0 aliphatic carbocycles. The van der Waals surface area contributed by atoms with E-state index in [1.54, 1.807) is 12.4 Å². The van der Waals surface area contributed by atoms with Gasteiger partial charge in [0.1, 0.15) is 0 Å². The zero-order valence-corrected chi connectivity index (χ0v) is 26.4. The van der Waals surface area contributed by atoms with Crippen molar-refractivity contribution in [2.45, 2.75) is 0 Å². The van der Waals surface area contributed by atoms with Crippen LogP contribution in [0.2, 0.25) is 0 Å². The Hall–Kier alpha value is -6.38. The number of aromatic nitrogens is 2. The zero-order valence-electron chi connectivity index (χ0n) is 26.4. The molecular weight excluding hydrogens is 581 g/mol. The van der Waals surface area contributed by atoms with Crippen LogP contribution in [0.1, 0.15) is 0 Å². The number of nitrogens with zero attached hydrogens (tertiary/aromatic N) is 2. The molecule has 6 aromatic carbocycles. The molecule has 0 N–H and O–H groups in total. The molecule has 0 radical (unpaired) electrons. The van der Waals surface area contributed by atoms with Crippen molar-refractivity contribution in [3.05, 3.63) is 194 Å². The first-order valence-corrected chi connectivity index (χ1v) is 16.2. The largest absolute Gasteiger partial charge is 0.265 e. The molecule has 0 bridgehead atoms. The Kier molecular flexibility index (Phi) is 7.96. The minimum atomic E-state index is 0.937. The van der Waals surface area contributed by atoms with Crippen LogP contribution in [-0.4, -0.2) is 9.97 Å². The average Bonchev–Trinajstić information content (AvgIpc) is 3.19. The Morgan fingerprint density at radius 2 is 0.667 bits per heavy atom. The van der Waals surface area contributed by atoms with Crippen molar-refractivity contribution < 1.29 is 0 Å². The molecule has 0 aliphatic rings. The number of rotatable bonds is 7. The van der Waals surface area contributed by atoms with E-state index in [1.165, 1.54) is 50.1 Å². The highest BCUT2D eigenvalue weighted by Gasteiger charge is 2.15. The van der Waals surface area contributed by atoms with Gasteiger partial charge >= 0.3 is 0 Å². The molecule has 0 amide bonds.